The van der Waals surface area contributed by atoms with E-state index in [-0.39, 0.29) is 0 Å². The molecule has 1 saturated carbocycles. The van der Waals surface area contributed by atoms with Crippen LogP contribution in [0.15, 0.2) is 4.52 Å². The van der Waals surface area contributed by atoms with E-state index in [9.17, 15) is 0 Å². The second-order valence-electron chi connectivity index (χ2n) is 5.51. The standard InChI is InChI=1S/C13H23N3O/c1-4-9-6-7-10(8-9)11-15-12(17-16-11)13(3,14)5-2/h9-10H,4-8,14H2,1-3H3. The molecule has 0 aromatic carbocycles. The van der Waals surface area contributed by atoms with Gasteiger partial charge in [0.15, 0.2) is 5.82 Å². The molecule has 4 nitrogen and oxygen atoms in total. The highest BCUT2D eigenvalue weighted by Gasteiger charge is 2.31. The van der Waals surface area contributed by atoms with Gasteiger partial charge in [-0.05, 0) is 38.5 Å². The van der Waals surface area contributed by atoms with E-state index >= 15 is 0 Å². The van der Waals surface area contributed by atoms with Gasteiger partial charge in [-0.15, -0.1) is 0 Å². The van der Waals surface area contributed by atoms with E-state index in [1.54, 1.807) is 0 Å². The van der Waals surface area contributed by atoms with Gasteiger partial charge in [0.2, 0.25) is 5.89 Å². The van der Waals surface area contributed by atoms with Crippen LogP contribution in [0, 0.1) is 5.92 Å². The predicted octanol–water partition coefficient (Wildman–Crippen LogP) is 2.95. The number of aromatic nitrogens is 2. The summed E-state index contributed by atoms with van der Waals surface area (Å²) in [7, 11) is 0. The van der Waals surface area contributed by atoms with Crippen LogP contribution in [0.1, 0.15) is 70.5 Å². The Morgan fingerprint density at radius 3 is 2.76 bits per heavy atom. The highest BCUT2D eigenvalue weighted by molar-refractivity contribution is 5.04. The van der Waals surface area contributed by atoms with Gasteiger partial charge < -0.3 is 10.3 Å². The first-order chi connectivity index (χ1) is 8.06. The lowest BCUT2D eigenvalue weighted by atomic mass is 10.0. The first kappa shape index (κ1) is 12.6. The zero-order valence-corrected chi connectivity index (χ0v) is 11.1. The Kier molecular flexibility index (Phi) is 3.52. The van der Waals surface area contributed by atoms with Gasteiger partial charge in [0, 0.05) is 5.92 Å². The van der Waals surface area contributed by atoms with Gasteiger partial charge in [-0.25, -0.2) is 0 Å². The third-order valence-corrected chi connectivity index (χ3v) is 4.15. The van der Waals surface area contributed by atoms with E-state index in [0.29, 0.717) is 11.8 Å². The molecule has 0 amide bonds. The number of nitrogens with two attached hydrogens (primary N) is 1. The highest BCUT2D eigenvalue weighted by atomic mass is 16.5. The highest BCUT2D eigenvalue weighted by Crippen LogP contribution is 2.38. The molecular formula is C13H23N3O. The molecule has 2 N–H and O–H groups in total. The van der Waals surface area contributed by atoms with Gasteiger partial charge in [-0.3, -0.25) is 0 Å². The maximum absolute atomic E-state index is 6.11. The molecule has 1 aromatic rings. The summed E-state index contributed by atoms with van der Waals surface area (Å²) in [6.07, 6.45) is 5.73. The van der Waals surface area contributed by atoms with Gasteiger partial charge in [-0.1, -0.05) is 25.4 Å². The molecule has 2 rings (SSSR count). The fourth-order valence-corrected chi connectivity index (χ4v) is 2.46. The lowest BCUT2D eigenvalue weighted by Gasteiger charge is -2.16. The van der Waals surface area contributed by atoms with Crippen molar-refractivity contribution in [2.45, 2.75) is 64.3 Å². The number of hydrogen-bond donors (Lipinski definition) is 1. The van der Waals surface area contributed by atoms with E-state index in [0.717, 1.165) is 18.2 Å². The third kappa shape index (κ3) is 2.51. The van der Waals surface area contributed by atoms with Crippen LogP contribution in [0.4, 0.5) is 0 Å². The number of nitrogens with zero attached hydrogens (tertiary/aromatic N) is 2. The van der Waals surface area contributed by atoms with E-state index in [2.05, 4.69) is 17.1 Å². The van der Waals surface area contributed by atoms with Crippen molar-refractivity contribution in [1.82, 2.24) is 10.1 Å². The van der Waals surface area contributed by atoms with Crippen molar-refractivity contribution >= 4 is 0 Å². The molecule has 17 heavy (non-hydrogen) atoms. The van der Waals surface area contributed by atoms with Crippen LogP contribution in [0.3, 0.4) is 0 Å². The maximum atomic E-state index is 6.11. The van der Waals surface area contributed by atoms with E-state index in [1.165, 1.54) is 25.7 Å². The van der Waals surface area contributed by atoms with E-state index in [4.69, 9.17) is 10.3 Å². The maximum Gasteiger partial charge on any atom is 0.246 e. The third-order valence-electron chi connectivity index (χ3n) is 4.15. The minimum Gasteiger partial charge on any atom is -0.337 e. The average molecular weight is 237 g/mol. The fourth-order valence-electron chi connectivity index (χ4n) is 2.46. The molecule has 4 heteroatoms. The summed E-state index contributed by atoms with van der Waals surface area (Å²) in [4.78, 5) is 4.50. The number of rotatable bonds is 4. The van der Waals surface area contributed by atoms with Crippen LogP contribution >= 0.6 is 0 Å². The number of hydrogen-bond acceptors (Lipinski definition) is 4. The van der Waals surface area contributed by atoms with Crippen LogP contribution in [-0.4, -0.2) is 10.1 Å². The lowest BCUT2D eigenvalue weighted by Crippen LogP contribution is -2.32. The van der Waals surface area contributed by atoms with Crippen molar-refractivity contribution in [1.29, 1.82) is 0 Å². The molecule has 0 saturated heterocycles. The summed E-state index contributed by atoms with van der Waals surface area (Å²) in [5.74, 6) is 2.75. The van der Waals surface area contributed by atoms with Gasteiger partial charge in [0.1, 0.15) is 0 Å². The molecule has 1 aromatic heterocycles. The Morgan fingerprint density at radius 2 is 2.18 bits per heavy atom. The molecule has 1 heterocycles. The molecular weight excluding hydrogens is 214 g/mol. The minimum atomic E-state index is -0.492. The van der Waals surface area contributed by atoms with Crippen molar-refractivity contribution in [2.75, 3.05) is 0 Å². The molecule has 1 fully saturated rings. The Bertz CT molecular complexity index is 372. The molecule has 0 aliphatic heterocycles. The van der Waals surface area contributed by atoms with Crippen molar-refractivity contribution in [3.63, 3.8) is 0 Å². The zero-order valence-electron chi connectivity index (χ0n) is 11.1. The Labute approximate surface area is 103 Å². The Morgan fingerprint density at radius 1 is 1.41 bits per heavy atom. The molecule has 0 spiro atoms. The monoisotopic (exact) mass is 237 g/mol. The van der Waals surface area contributed by atoms with Crippen LogP contribution in [0.5, 0.6) is 0 Å². The van der Waals surface area contributed by atoms with E-state index in [1.807, 2.05) is 13.8 Å². The summed E-state index contributed by atoms with van der Waals surface area (Å²) in [6.45, 7) is 6.23. The second kappa shape index (κ2) is 4.77. The summed E-state index contributed by atoms with van der Waals surface area (Å²) in [6, 6.07) is 0. The molecule has 3 atom stereocenters. The lowest BCUT2D eigenvalue weighted by molar-refractivity contribution is 0.289. The van der Waals surface area contributed by atoms with Crippen LogP contribution in [0.25, 0.3) is 0 Å². The van der Waals surface area contributed by atoms with Crippen molar-refractivity contribution in [3.8, 4) is 0 Å². The average Bonchev–Trinajstić information content (AvgIpc) is 2.97. The first-order valence-corrected chi connectivity index (χ1v) is 6.69. The second-order valence-corrected chi connectivity index (χ2v) is 5.51. The normalized spacial score (nSPS) is 28.2. The first-order valence-electron chi connectivity index (χ1n) is 6.69. The van der Waals surface area contributed by atoms with Crippen LogP contribution in [-0.2, 0) is 5.54 Å². The molecule has 0 radical (unpaired) electrons. The topological polar surface area (TPSA) is 64.9 Å². The summed E-state index contributed by atoms with van der Waals surface area (Å²) < 4.78 is 5.32. The molecule has 1 aliphatic carbocycles. The SMILES string of the molecule is CCC1CCC(c2noc(C(C)(N)CC)n2)C1. The van der Waals surface area contributed by atoms with Crippen molar-refractivity contribution in [3.05, 3.63) is 11.7 Å². The quantitative estimate of drug-likeness (QED) is 0.874. The summed E-state index contributed by atoms with van der Waals surface area (Å²) >= 11 is 0. The molecule has 1 aliphatic rings. The largest absolute Gasteiger partial charge is 0.337 e. The van der Waals surface area contributed by atoms with E-state index < -0.39 is 5.54 Å². The van der Waals surface area contributed by atoms with Gasteiger partial charge in [-0.2, -0.15) is 4.98 Å². The smallest absolute Gasteiger partial charge is 0.246 e. The minimum absolute atomic E-state index is 0.477. The van der Waals surface area contributed by atoms with Gasteiger partial charge in [0.25, 0.3) is 0 Å². The molecule has 0 bridgehead atoms. The molecule has 3 unspecified atom stereocenters. The van der Waals surface area contributed by atoms with Crippen LogP contribution < -0.4 is 5.73 Å². The fraction of sp³-hybridized carbons (Fsp3) is 0.846. The Hall–Kier alpha value is -0.900. The Balaban J connectivity index is 2.09. The van der Waals surface area contributed by atoms with Gasteiger partial charge >= 0.3 is 0 Å². The summed E-state index contributed by atoms with van der Waals surface area (Å²) in [5, 5.41) is 4.12. The zero-order chi connectivity index (χ0) is 12.5. The van der Waals surface area contributed by atoms with Gasteiger partial charge in [0.05, 0.1) is 5.54 Å². The van der Waals surface area contributed by atoms with Crippen LogP contribution in [0.2, 0.25) is 0 Å². The summed E-state index contributed by atoms with van der Waals surface area (Å²) in [5.41, 5.74) is 5.61. The van der Waals surface area contributed by atoms with Crippen molar-refractivity contribution < 1.29 is 4.52 Å². The predicted molar refractivity (Wildman–Crippen MR) is 66.5 cm³/mol. The van der Waals surface area contributed by atoms with Crippen molar-refractivity contribution in [2.24, 2.45) is 11.7 Å². The molecule has 96 valence electrons.